The van der Waals surface area contributed by atoms with Gasteiger partial charge in [0.05, 0.1) is 10.2 Å². The SMILES string of the molecule is Cc1ccc(S(=O)(=O)NN=O)cc1C. The summed E-state index contributed by atoms with van der Waals surface area (Å²) in [5.41, 5.74) is 1.83. The Hall–Kier alpha value is -1.43. The van der Waals surface area contributed by atoms with E-state index in [4.69, 9.17) is 0 Å². The molecule has 0 aliphatic carbocycles. The minimum atomic E-state index is -3.78. The number of rotatable bonds is 3. The maximum absolute atomic E-state index is 11.3. The van der Waals surface area contributed by atoms with E-state index in [1.165, 1.54) is 17.0 Å². The summed E-state index contributed by atoms with van der Waals surface area (Å²) in [4.78, 5) is 11.4. The molecule has 0 aliphatic rings. The lowest BCUT2D eigenvalue weighted by atomic mass is 10.1. The molecular weight excluding hydrogens is 204 g/mol. The maximum Gasteiger partial charge on any atom is 0.279 e. The van der Waals surface area contributed by atoms with Gasteiger partial charge in [-0.1, -0.05) is 6.07 Å². The summed E-state index contributed by atoms with van der Waals surface area (Å²) in [5, 5.41) is 2.15. The maximum atomic E-state index is 11.3. The highest BCUT2D eigenvalue weighted by molar-refractivity contribution is 7.89. The first-order valence-electron chi connectivity index (χ1n) is 3.89. The molecule has 0 bridgehead atoms. The van der Waals surface area contributed by atoms with E-state index in [9.17, 15) is 13.3 Å². The van der Waals surface area contributed by atoms with Crippen molar-refractivity contribution < 1.29 is 8.42 Å². The van der Waals surface area contributed by atoms with Gasteiger partial charge in [-0.15, -0.1) is 4.91 Å². The fourth-order valence-corrected chi connectivity index (χ4v) is 1.77. The third-order valence-corrected chi connectivity index (χ3v) is 3.14. The Kier molecular flexibility index (Phi) is 2.85. The molecule has 0 unspecified atom stereocenters. The Morgan fingerprint density at radius 2 is 1.86 bits per heavy atom. The predicted octanol–water partition coefficient (Wildman–Crippen LogP) is 1.26. The van der Waals surface area contributed by atoms with Crippen molar-refractivity contribution >= 4 is 10.0 Å². The van der Waals surface area contributed by atoms with Gasteiger partial charge in [-0.05, 0) is 37.1 Å². The third-order valence-electron chi connectivity index (χ3n) is 1.95. The average molecular weight is 214 g/mol. The second kappa shape index (κ2) is 3.75. The Balaban J connectivity index is 3.21. The van der Waals surface area contributed by atoms with E-state index in [0.29, 0.717) is 0 Å². The van der Waals surface area contributed by atoms with Crippen LogP contribution in [0.3, 0.4) is 0 Å². The van der Waals surface area contributed by atoms with Crippen LogP contribution < -0.4 is 4.83 Å². The van der Waals surface area contributed by atoms with Gasteiger partial charge in [-0.2, -0.15) is 13.2 Å². The number of hydrogen-bond acceptors (Lipinski definition) is 4. The van der Waals surface area contributed by atoms with Crippen molar-refractivity contribution in [3.8, 4) is 0 Å². The number of aryl methyl sites for hydroxylation is 2. The first-order valence-corrected chi connectivity index (χ1v) is 5.37. The van der Waals surface area contributed by atoms with Crippen LogP contribution in [0.25, 0.3) is 0 Å². The Labute approximate surface area is 82.1 Å². The van der Waals surface area contributed by atoms with Gasteiger partial charge >= 0.3 is 0 Å². The molecule has 1 aromatic carbocycles. The molecule has 76 valence electrons. The van der Waals surface area contributed by atoms with Crippen molar-refractivity contribution in [3.05, 3.63) is 34.2 Å². The van der Waals surface area contributed by atoms with Gasteiger partial charge in [-0.25, -0.2) is 0 Å². The van der Waals surface area contributed by atoms with Gasteiger partial charge in [0, 0.05) is 0 Å². The van der Waals surface area contributed by atoms with Crippen molar-refractivity contribution in [2.75, 3.05) is 0 Å². The first kappa shape index (κ1) is 10.6. The highest BCUT2D eigenvalue weighted by atomic mass is 32.2. The largest absolute Gasteiger partial charge is 0.279 e. The molecule has 0 amide bonds. The van der Waals surface area contributed by atoms with Crippen molar-refractivity contribution in [1.82, 2.24) is 4.83 Å². The monoisotopic (exact) mass is 214 g/mol. The van der Waals surface area contributed by atoms with Crippen molar-refractivity contribution in [2.24, 2.45) is 5.29 Å². The third kappa shape index (κ3) is 2.08. The molecule has 0 aliphatic heterocycles. The predicted molar refractivity (Wildman–Crippen MR) is 52.0 cm³/mol. The molecule has 0 atom stereocenters. The summed E-state index contributed by atoms with van der Waals surface area (Å²) >= 11 is 0. The van der Waals surface area contributed by atoms with E-state index in [1.54, 1.807) is 13.0 Å². The number of nitroso groups, excluding NO2 is 1. The lowest BCUT2D eigenvalue weighted by molar-refractivity contribution is 0.584. The molecule has 1 aromatic rings. The minimum absolute atomic E-state index is 0.0419. The van der Waals surface area contributed by atoms with Crippen molar-refractivity contribution in [3.63, 3.8) is 0 Å². The number of nitrogens with zero attached hydrogens (tertiary/aromatic N) is 1. The van der Waals surface area contributed by atoms with Gasteiger partial charge in [0.2, 0.25) is 0 Å². The molecular formula is C8H10N2O3S. The van der Waals surface area contributed by atoms with Crippen LogP contribution in [0.15, 0.2) is 28.4 Å². The molecule has 0 heterocycles. The number of nitrogens with one attached hydrogen (secondary N) is 1. The van der Waals surface area contributed by atoms with E-state index in [-0.39, 0.29) is 4.90 Å². The summed E-state index contributed by atoms with van der Waals surface area (Å²) in [7, 11) is -3.78. The quantitative estimate of drug-likeness (QED) is 0.608. The van der Waals surface area contributed by atoms with E-state index in [0.717, 1.165) is 11.1 Å². The number of benzene rings is 1. The van der Waals surface area contributed by atoms with Crippen LogP contribution in [0.4, 0.5) is 0 Å². The molecule has 0 fully saturated rings. The van der Waals surface area contributed by atoms with E-state index >= 15 is 0 Å². The van der Waals surface area contributed by atoms with Crippen LogP contribution in [0.1, 0.15) is 11.1 Å². The van der Waals surface area contributed by atoms with Gasteiger partial charge < -0.3 is 0 Å². The zero-order valence-electron chi connectivity index (χ0n) is 7.81. The van der Waals surface area contributed by atoms with Gasteiger partial charge in [0.1, 0.15) is 0 Å². The topological polar surface area (TPSA) is 75.6 Å². The van der Waals surface area contributed by atoms with Crippen LogP contribution >= 0.6 is 0 Å². The molecule has 0 saturated carbocycles. The highest BCUT2D eigenvalue weighted by Gasteiger charge is 2.13. The summed E-state index contributed by atoms with van der Waals surface area (Å²) in [6, 6.07) is 4.59. The molecule has 1 N–H and O–H groups in total. The fraction of sp³-hybridized carbons (Fsp3) is 0.250. The van der Waals surface area contributed by atoms with Crippen LogP contribution in [-0.2, 0) is 10.0 Å². The highest BCUT2D eigenvalue weighted by Crippen LogP contribution is 2.14. The molecule has 6 heteroatoms. The average Bonchev–Trinajstić information content (AvgIpc) is 2.09. The molecule has 0 aromatic heterocycles. The molecule has 14 heavy (non-hydrogen) atoms. The molecule has 0 radical (unpaired) electrons. The van der Waals surface area contributed by atoms with Gasteiger partial charge in [0.25, 0.3) is 10.0 Å². The second-order valence-electron chi connectivity index (χ2n) is 2.93. The zero-order chi connectivity index (χ0) is 10.8. The molecule has 0 spiro atoms. The van der Waals surface area contributed by atoms with Crippen molar-refractivity contribution in [2.45, 2.75) is 18.7 Å². The zero-order valence-corrected chi connectivity index (χ0v) is 8.63. The summed E-state index contributed by atoms with van der Waals surface area (Å²) in [6.45, 7) is 3.67. The first-order chi connectivity index (χ1) is 6.47. The van der Waals surface area contributed by atoms with Crippen molar-refractivity contribution in [1.29, 1.82) is 0 Å². The van der Waals surface area contributed by atoms with E-state index in [1.807, 2.05) is 6.92 Å². The number of hydrogen-bond donors (Lipinski definition) is 1. The Morgan fingerprint density at radius 1 is 1.21 bits per heavy atom. The fourth-order valence-electron chi connectivity index (χ4n) is 0.983. The molecule has 0 saturated heterocycles. The van der Waals surface area contributed by atoms with Crippen LogP contribution in [0.2, 0.25) is 0 Å². The Bertz CT molecular complexity index is 454. The van der Waals surface area contributed by atoms with E-state index < -0.39 is 10.0 Å². The Morgan fingerprint density at radius 3 is 2.36 bits per heavy atom. The normalized spacial score (nSPS) is 11.0. The number of sulfonamides is 1. The summed E-state index contributed by atoms with van der Waals surface area (Å²) in [5.74, 6) is 0. The van der Waals surface area contributed by atoms with Gasteiger partial charge in [-0.3, -0.25) is 0 Å². The smallest absolute Gasteiger partial charge is 0.200 e. The van der Waals surface area contributed by atoms with Crippen LogP contribution in [-0.4, -0.2) is 8.42 Å². The standard InChI is InChI=1S/C8H10N2O3S/c1-6-3-4-8(5-7(6)2)14(12,13)10-9-11/h3-5H,1-2H3,(H,10,11). The minimum Gasteiger partial charge on any atom is -0.200 e. The van der Waals surface area contributed by atoms with Crippen LogP contribution in [0, 0.1) is 18.8 Å². The molecule has 1 rings (SSSR count). The lowest BCUT2D eigenvalue weighted by Gasteiger charge is -2.04. The second-order valence-corrected chi connectivity index (χ2v) is 4.59. The summed E-state index contributed by atoms with van der Waals surface area (Å²) in [6.07, 6.45) is 0. The van der Waals surface area contributed by atoms with Crippen LogP contribution in [0.5, 0.6) is 0 Å². The van der Waals surface area contributed by atoms with Gasteiger partial charge in [0.15, 0.2) is 0 Å². The lowest BCUT2D eigenvalue weighted by Crippen LogP contribution is -2.17. The molecule has 5 nitrogen and oxygen atoms in total. The van der Waals surface area contributed by atoms with E-state index in [2.05, 4.69) is 5.29 Å². The summed E-state index contributed by atoms with van der Waals surface area (Å²) < 4.78 is 22.6.